The Morgan fingerprint density at radius 1 is 1.04 bits per heavy atom. The summed E-state index contributed by atoms with van der Waals surface area (Å²) in [5, 5.41) is 8.87. The van der Waals surface area contributed by atoms with Gasteiger partial charge in [0.2, 0.25) is 0 Å². The third kappa shape index (κ3) is 4.99. The van der Waals surface area contributed by atoms with Crippen molar-refractivity contribution in [2.45, 2.75) is 85.0 Å². The van der Waals surface area contributed by atoms with Crippen LogP contribution in [0.4, 0.5) is 0 Å². The van der Waals surface area contributed by atoms with E-state index in [1.54, 1.807) is 0 Å². The summed E-state index contributed by atoms with van der Waals surface area (Å²) in [5.74, 6) is 1.43. The van der Waals surface area contributed by atoms with Gasteiger partial charge in [-0.1, -0.05) is 60.6 Å². The van der Waals surface area contributed by atoms with Gasteiger partial charge >= 0.3 is 0 Å². The van der Waals surface area contributed by atoms with Gasteiger partial charge in [-0.15, -0.1) is 0 Å². The van der Waals surface area contributed by atoms with Crippen LogP contribution in [0.25, 0.3) is 0 Å². The highest BCUT2D eigenvalue weighted by molar-refractivity contribution is 5.51. The second-order valence-electron chi connectivity index (χ2n) is 8.48. The molecule has 2 nitrogen and oxygen atoms in total. The van der Waals surface area contributed by atoms with Crippen molar-refractivity contribution in [3.05, 3.63) is 28.8 Å². The lowest BCUT2D eigenvalue weighted by molar-refractivity contribution is 0.319. The third-order valence-electron chi connectivity index (χ3n) is 4.27. The molecular weight excluding hydrogens is 282 g/mol. The lowest BCUT2D eigenvalue weighted by Crippen LogP contribution is -2.20. The van der Waals surface area contributed by atoms with Gasteiger partial charge in [0.05, 0.1) is 12.7 Å². The van der Waals surface area contributed by atoms with Crippen LogP contribution in [0.2, 0.25) is 0 Å². The fraction of sp³-hybridized carbons (Fsp3) is 0.667. The van der Waals surface area contributed by atoms with E-state index in [1.165, 1.54) is 16.7 Å². The molecule has 1 rings (SSSR count). The lowest BCUT2D eigenvalue weighted by Gasteiger charge is -2.31. The second kappa shape index (κ2) is 7.39. The lowest BCUT2D eigenvalue weighted by atomic mass is 9.76. The van der Waals surface area contributed by atoms with Crippen molar-refractivity contribution in [2.75, 3.05) is 6.61 Å². The molecule has 2 heteroatoms. The Morgan fingerprint density at radius 3 is 1.87 bits per heavy atom. The summed E-state index contributed by atoms with van der Waals surface area (Å²) in [6, 6.07) is 6.85. The van der Waals surface area contributed by atoms with Crippen LogP contribution < -0.4 is 4.74 Å². The van der Waals surface area contributed by atoms with Crippen molar-refractivity contribution < 1.29 is 4.74 Å². The summed E-state index contributed by atoms with van der Waals surface area (Å²) in [5.41, 5.74) is 3.90. The molecule has 23 heavy (non-hydrogen) atoms. The van der Waals surface area contributed by atoms with Crippen LogP contribution in [-0.4, -0.2) is 6.61 Å². The maximum absolute atomic E-state index is 8.87. The highest BCUT2D eigenvalue weighted by Gasteiger charge is 2.28. The van der Waals surface area contributed by atoms with Crippen molar-refractivity contribution in [2.24, 2.45) is 0 Å². The van der Waals surface area contributed by atoms with Gasteiger partial charge in [0.1, 0.15) is 5.75 Å². The van der Waals surface area contributed by atoms with Crippen molar-refractivity contribution >= 4 is 0 Å². The molecule has 0 amide bonds. The fourth-order valence-corrected chi connectivity index (χ4v) is 2.80. The van der Waals surface area contributed by atoms with Crippen molar-refractivity contribution in [1.82, 2.24) is 0 Å². The normalized spacial score (nSPS) is 13.5. The molecule has 1 atom stereocenters. The average Bonchev–Trinajstić information content (AvgIpc) is 2.42. The smallest absolute Gasteiger partial charge is 0.126 e. The van der Waals surface area contributed by atoms with Crippen LogP contribution in [0.1, 0.15) is 90.8 Å². The number of rotatable bonds is 5. The largest absolute Gasteiger partial charge is 0.493 e. The SMILES string of the molecule is CCOc1c(C(C)(C)C)cc(C(C)CCC#N)cc1C(C)(C)C. The van der Waals surface area contributed by atoms with Crippen LogP contribution in [0.5, 0.6) is 5.75 Å². The molecule has 0 heterocycles. The Bertz CT molecular complexity index is 532. The van der Waals surface area contributed by atoms with Crippen molar-refractivity contribution in [1.29, 1.82) is 5.26 Å². The molecule has 0 saturated heterocycles. The van der Waals surface area contributed by atoms with Gasteiger partial charge in [-0.05, 0) is 35.7 Å². The summed E-state index contributed by atoms with van der Waals surface area (Å²) in [6.07, 6.45) is 1.50. The van der Waals surface area contributed by atoms with Gasteiger partial charge < -0.3 is 4.74 Å². The van der Waals surface area contributed by atoms with Gasteiger partial charge in [0.25, 0.3) is 0 Å². The van der Waals surface area contributed by atoms with Gasteiger partial charge in [-0.25, -0.2) is 0 Å². The zero-order chi connectivity index (χ0) is 17.8. The summed E-state index contributed by atoms with van der Waals surface area (Å²) in [6.45, 7) is 18.4. The molecule has 1 aromatic rings. The monoisotopic (exact) mass is 315 g/mol. The molecule has 0 aliphatic heterocycles. The Balaban J connectivity index is 3.56. The van der Waals surface area contributed by atoms with Crippen LogP contribution in [0, 0.1) is 11.3 Å². The maximum Gasteiger partial charge on any atom is 0.126 e. The quantitative estimate of drug-likeness (QED) is 0.659. The molecule has 0 bridgehead atoms. The van der Waals surface area contributed by atoms with E-state index in [0.29, 0.717) is 18.9 Å². The molecule has 0 aromatic heterocycles. The minimum Gasteiger partial charge on any atom is -0.493 e. The number of ether oxygens (including phenoxy) is 1. The van der Waals surface area contributed by atoms with Gasteiger partial charge in [-0.2, -0.15) is 5.26 Å². The minimum absolute atomic E-state index is 0.0233. The predicted octanol–water partition coefficient (Wildman–Crippen LogP) is 6.09. The van der Waals surface area contributed by atoms with E-state index < -0.39 is 0 Å². The molecule has 0 radical (unpaired) electrons. The van der Waals surface area contributed by atoms with Gasteiger partial charge in [0, 0.05) is 17.5 Å². The molecule has 0 fully saturated rings. The summed E-state index contributed by atoms with van der Waals surface area (Å²) in [7, 11) is 0. The van der Waals surface area contributed by atoms with Crippen molar-refractivity contribution in [3.63, 3.8) is 0 Å². The molecule has 0 spiro atoms. The molecule has 1 unspecified atom stereocenters. The van der Waals surface area contributed by atoms with Crippen LogP contribution >= 0.6 is 0 Å². The van der Waals surface area contributed by atoms with E-state index in [2.05, 4.69) is 66.7 Å². The van der Waals surface area contributed by atoms with Crippen LogP contribution in [-0.2, 0) is 10.8 Å². The van der Waals surface area contributed by atoms with E-state index in [4.69, 9.17) is 10.00 Å². The molecule has 0 N–H and O–H groups in total. The molecule has 128 valence electrons. The first-order chi connectivity index (χ1) is 10.5. The summed E-state index contributed by atoms with van der Waals surface area (Å²) < 4.78 is 6.08. The average molecular weight is 316 g/mol. The van der Waals surface area contributed by atoms with E-state index in [9.17, 15) is 0 Å². The number of benzene rings is 1. The van der Waals surface area contributed by atoms with E-state index >= 15 is 0 Å². The highest BCUT2D eigenvalue weighted by atomic mass is 16.5. The van der Waals surface area contributed by atoms with Gasteiger partial charge in [-0.3, -0.25) is 0 Å². The van der Waals surface area contributed by atoms with Gasteiger partial charge in [0.15, 0.2) is 0 Å². The van der Waals surface area contributed by atoms with E-state index in [0.717, 1.165) is 12.2 Å². The number of hydrogen-bond donors (Lipinski definition) is 0. The Morgan fingerprint density at radius 2 is 1.52 bits per heavy atom. The maximum atomic E-state index is 8.87. The van der Waals surface area contributed by atoms with E-state index in [-0.39, 0.29) is 10.8 Å². The first-order valence-electron chi connectivity index (χ1n) is 8.71. The number of hydrogen-bond acceptors (Lipinski definition) is 2. The van der Waals surface area contributed by atoms with E-state index in [1.807, 2.05) is 6.92 Å². The molecule has 0 aliphatic carbocycles. The fourth-order valence-electron chi connectivity index (χ4n) is 2.80. The molecule has 1 aromatic carbocycles. The molecular formula is C21H33NO. The zero-order valence-corrected chi connectivity index (χ0v) is 16.2. The third-order valence-corrected chi connectivity index (χ3v) is 4.27. The highest BCUT2D eigenvalue weighted by Crippen LogP contribution is 2.42. The van der Waals surface area contributed by atoms with Crippen molar-refractivity contribution in [3.8, 4) is 11.8 Å². The van der Waals surface area contributed by atoms with Crippen LogP contribution in [0.15, 0.2) is 12.1 Å². The number of nitriles is 1. The van der Waals surface area contributed by atoms with Crippen LogP contribution in [0.3, 0.4) is 0 Å². The predicted molar refractivity (Wildman–Crippen MR) is 98.3 cm³/mol. The Labute approximate surface area is 142 Å². The summed E-state index contributed by atoms with van der Waals surface area (Å²) in [4.78, 5) is 0. The Hall–Kier alpha value is -1.49. The molecule has 0 saturated carbocycles. The molecule has 0 aliphatic rings. The topological polar surface area (TPSA) is 33.0 Å². The zero-order valence-electron chi connectivity index (χ0n) is 16.2. The summed E-state index contributed by atoms with van der Waals surface area (Å²) >= 11 is 0. The first-order valence-corrected chi connectivity index (χ1v) is 8.71. The number of nitrogens with zero attached hydrogens (tertiary/aromatic N) is 1. The second-order valence-corrected chi connectivity index (χ2v) is 8.48. The Kier molecular flexibility index (Phi) is 6.28. The first kappa shape index (κ1) is 19.6. The standard InChI is InChI=1S/C21H33NO/c1-9-23-19-17(20(3,4)5)13-16(15(2)11-10-12-22)14-18(19)21(6,7)8/h13-15H,9-11H2,1-8H3. The minimum atomic E-state index is 0.0233.